The maximum atomic E-state index is 11.3. The Labute approximate surface area is 111 Å². The average molecular weight is 259 g/mol. The molecular formula is C13H17N5O. The molecule has 1 heterocycles. The Kier molecular flexibility index (Phi) is 3.50. The van der Waals surface area contributed by atoms with Crippen molar-refractivity contribution in [1.29, 1.82) is 0 Å². The molecule has 0 saturated carbocycles. The Morgan fingerprint density at radius 2 is 2.05 bits per heavy atom. The number of primary amides is 1. The number of anilines is 1. The lowest BCUT2D eigenvalue weighted by atomic mass is 10.1. The van der Waals surface area contributed by atoms with E-state index in [1.807, 2.05) is 13.8 Å². The summed E-state index contributed by atoms with van der Waals surface area (Å²) in [5, 5.41) is 4.41. The third-order valence-corrected chi connectivity index (χ3v) is 2.90. The van der Waals surface area contributed by atoms with Crippen molar-refractivity contribution in [2.24, 2.45) is 5.73 Å². The number of aromatic nitrogens is 3. The molecule has 0 aliphatic rings. The van der Waals surface area contributed by atoms with Gasteiger partial charge in [-0.05, 0) is 18.2 Å². The molecule has 2 aromatic rings. The largest absolute Gasteiger partial charge is 0.398 e. The molecule has 1 aromatic heterocycles. The number of hydrogen-bond donors (Lipinski definition) is 2. The Morgan fingerprint density at radius 3 is 2.63 bits per heavy atom. The van der Waals surface area contributed by atoms with Crippen LogP contribution >= 0.6 is 0 Å². The van der Waals surface area contributed by atoms with Crippen molar-refractivity contribution in [1.82, 2.24) is 14.8 Å². The van der Waals surface area contributed by atoms with E-state index in [0.29, 0.717) is 11.3 Å². The van der Waals surface area contributed by atoms with Gasteiger partial charge in [0, 0.05) is 18.5 Å². The zero-order chi connectivity index (χ0) is 14.0. The van der Waals surface area contributed by atoms with Gasteiger partial charge in [0.05, 0.1) is 11.3 Å². The highest BCUT2D eigenvalue weighted by atomic mass is 16.1. The normalized spacial score (nSPS) is 10.6. The molecule has 4 N–H and O–H groups in total. The molecule has 0 bridgehead atoms. The van der Waals surface area contributed by atoms with Crippen LogP contribution in [0.2, 0.25) is 0 Å². The summed E-state index contributed by atoms with van der Waals surface area (Å²) in [7, 11) is 0. The third-order valence-electron chi connectivity index (χ3n) is 2.90. The maximum absolute atomic E-state index is 11.3. The first-order valence-electron chi connectivity index (χ1n) is 6.21. The average Bonchev–Trinajstić information content (AvgIpc) is 2.82. The summed E-state index contributed by atoms with van der Waals surface area (Å²) in [6, 6.07) is 5.10. The van der Waals surface area contributed by atoms with E-state index >= 15 is 0 Å². The number of nitrogens with zero attached hydrogens (tertiary/aromatic N) is 3. The van der Waals surface area contributed by atoms with Gasteiger partial charge in [0.1, 0.15) is 5.82 Å². The molecule has 1 aromatic carbocycles. The molecule has 0 saturated heterocycles. The van der Waals surface area contributed by atoms with Gasteiger partial charge in [-0.15, -0.1) is 0 Å². The summed E-state index contributed by atoms with van der Waals surface area (Å²) in [5.41, 5.74) is 12.4. The van der Waals surface area contributed by atoms with Gasteiger partial charge in [0.25, 0.3) is 5.91 Å². The smallest absolute Gasteiger partial charge is 0.250 e. The fraction of sp³-hybridized carbons (Fsp3) is 0.308. The van der Waals surface area contributed by atoms with Crippen LogP contribution in [0.15, 0.2) is 18.2 Å². The highest BCUT2D eigenvalue weighted by Gasteiger charge is 2.12. The van der Waals surface area contributed by atoms with E-state index in [9.17, 15) is 4.79 Å². The summed E-state index contributed by atoms with van der Waals surface area (Å²) in [6.07, 6.45) is 1.51. The Morgan fingerprint density at radius 1 is 1.32 bits per heavy atom. The molecule has 0 fully saturated rings. The molecule has 0 atom stereocenters. The summed E-state index contributed by atoms with van der Waals surface area (Å²) >= 11 is 0. The molecule has 0 radical (unpaired) electrons. The zero-order valence-corrected chi connectivity index (χ0v) is 11.1. The molecule has 0 spiro atoms. The van der Waals surface area contributed by atoms with Gasteiger partial charge in [-0.2, -0.15) is 5.10 Å². The molecule has 19 heavy (non-hydrogen) atoms. The summed E-state index contributed by atoms with van der Waals surface area (Å²) in [5.74, 6) is 1.07. The molecule has 0 aliphatic heterocycles. The molecule has 2 rings (SSSR count). The van der Waals surface area contributed by atoms with Gasteiger partial charge in [-0.25, -0.2) is 9.67 Å². The first-order chi connectivity index (χ1) is 9.06. The van der Waals surface area contributed by atoms with Crippen molar-refractivity contribution >= 4 is 11.6 Å². The minimum Gasteiger partial charge on any atom is -0.398 e. The van der Waals surface area contributed by atoms with Gasteiger partial charge in [0.2, 0.25) is 0 Å². The second kappa shape index (κ2) is 5.09. The number of nitrogen functional groups attached to an aromatic ring is 1. The monoisotopic (exact) mass is 259 g/mol. The number of carbonyl (C=O) groups is 1. The lowest BCUT2D eigenvalue weighted by Crippen LogP contribution is -2.14. The highest BCUT2D eigenvalue weighted by molar-refractivity contribution is 5.98. The molecule has 1 amide bonds. The molecule has 6 heteroatoms. The Balaban J connectivity index is 2.55. The Hall–Kier alpha value is -2.37. The lowest BCUT2D eigenvalue weighted by Gasteiger charge is -2.07. The first kappa shape index (κ1) is 13.1. The predicted molar refractivity (Wildman–Crippen MR) is 73.0 cm³/mol. The van der Waals surface area contributed by atoms with Gasteiger partial charge >= 0.3 is 0 Å². The number of aryl methyl sites for hydroxylation is 2. The molecule has 100 valence electrons. The van der Waals surface area contributed by atoms with Crippen LogP contribution in [0.4, 0.5) is 5.69 Å². The van der Waals surface area contributed by atoms with Crippen LogP contribution in [0.5, 0.6) is 0 Å². The van der Waals surface area contributed by atoms with Crippen LogP contribution in [-0.4, -0.2) is 20.7 Å². The topological polar surface area (TPSA) is 99.8 Å². The van der Waals surface area contributed by atoms with E-state index in [2.05, 4.69) is 10.1 Å². The quantitative estimate of drug-likeness (QED) is 0.802. The van der Waals surface area contributed by atoms with E-state index < -0.39 is 5.91 Å². The van der Waals surface area contributed by atoms with Crippen LogP contribution in [0.1, 0.15) is 35.9 Å². The summed E-state index contributed by atoms with van der Waals surface area (Å²) in [6.45, 7) is 4.00. The highest BCUT2D eigenvalue weighted by Crippen LogP contribution is 2.18. The first-order valence-corrected chi connectivity index (χ1v) is 6.21. The number of benzene rings is 1. The molecule has 0 aliphatic carbocycles. The van der Waals surface area contributed by atoms with Crippen molar-refractivity contribution in [2.75, 3.05) is 5.73 Å². The fourth-order valence-electron chi connectivity index (χ4n) is 1.87. The number of nitrogens with two attached hydrogens (primary N) is 2. The standard InChI is InChI=1S/C13H17N5O/c1-3-11-16-12(4-2)18(17-11)8-5-6-10(14)9(7-8)13(15)19/h5-7H,3-4,14H2,1-2H3,(H2,15,19). The van der Waals surface area contributed by atoms with Gasteiger partial charge in [-0.1, -0.05) is 13.8 Å². The number of hydrogen-bond acceptors (Lipinski definition) is 4. The van der Waals surface area contributed by atoms with Gasteiger partial charge in [0.15, 0.2) is 5.82 Å². The number of rotatable bonds is 4. The number of amides is 1. The minimum absolute atomic E-state index is 0.299. The second-order valence-electron chi connectivity index (χ2n) is 4.20. The van der Waals surface area contributed by atoms with E-state index in [0.717, 1.165) is 30.2 Å². The van der Waals surface area contributed by atoms with Crippen molar-refractivity contribution in [3.05, 3.63) is 35.4 Å². The maximum Gasteiger partial charge on any atom is 0.250 e. The van der Waals surface area contributed by atoms with Crippen molar-refractivity contribution in [3.63, 3.8) is 0 Å². The van der Waals surface area contributed by atoms with Crippen LogP contribution in [-0.2, 0) is 12.8 Å². The van der Waals surface area contributed by atoms with Crippen molar-refractivity contribution < 1.29 is 4.79 Å². The lowest BCUT2D eigenvalue weighted by molar-refractivity contribution is 0.100. The summed E-state index contributed by atoms with van der Waals surface area (Å²) in [4.78, 5) is 15.7. The molecular weight excluding hydrogens is 242 g/mol. The van der Waals surface area contributed by atoms with Crippen molar-refractivity contribution in [3.8, 4) is 5.69 Å². The predicted octanol–water partition coefficient (Wildman–Crippen LogP) is 1.07. The van der Waals surface area contributed by atoms with Crippen LogP contribution < -0.4 is 11.5 Å². The molecule has 6 nitrogen and oxygen atoms in total. The fourth-order valence-corrected chi connectivity index (χ4v) is 1.87. The van der Waals surface area contributed by atoms with Crippen molar-refractivity contribution in [2.45, 2.75) is 26.7 Å². The van der Waals surface area contributed by atoms with E-state index in [4.69, 9.17) is 11.5 Å². The second-order valence-corrected chi connectivity index (χ2v) is 4.20. The van der Waals surface area contributed by atoms with Crippen LogP contribution in [0, 0.1) is 0 Å². The van der Waals surface area contributed by atoms with E-state index in [-0.39, 0.29) is 0 Å². The van der Waals surface area contributed by atoms with Crippen LogP contribution in [0.25, 0.3) is 5.69 Å². The number of carbonyl (C=O) groups excluding carboxylic acids is 1. The van der Waals surface area contributed by atoms with Gasteiger partial charge < -0.3 is 11.5 Å². The van der Waals surface area contributed by atoms with E-state index in [1.54, 1.807) is 22.9 Å². The Bertz CT molecular complexity index is 617. The van der Waals surface area contributed by atoms with E-state index in [1.165, 1.54) is 0 Å². The zero-order valence-electron chi connectivity index (χ0n) is 11.1. The SMILES string of the molecule is CCc1nc(CC)n(-c2ccc(N)c(C(N)=O)c2)n1. The minimum atomic E-state index is -0.548. The van der Waals surface area contributed by atoms with Crippen LogP contribution in [0.3, 0.4) is 0 Å². The van der Waals surface area contributed by atoms with Gasteiger partial charge in [-0.3, -0.25) is 4.79 Å². The summed E-state index contributed by atoms with van der Waals surface area (Å²) < 4.78 is 1.73. The molecule has 0 unspecified atom stereocenters. The third kappa shape index (κ3) is 2.42.